The summed E-state index contributed by atoms with van der Waals surface area (Å²) in [6.45, 7) is 1.84. The molecular weight excluding hydrogens is 266 g/mol. The highest BCUT2D eigenvalue weighted by Gasteiger charge is 2.25. The van der Waals surface area contributed by atoms with Crippen molar-refractivity contribution in [3.63, 3.8) is 0 Å². The van der Waals surface area contributed by atoms with Crippen LogP contribution in [-0.2, 0) is 0 Å². The molecule has 0 saturated carbocycles. The van der Waals surface area contributed by atoms with Crippen LogP contribution in [-0.4, -0.2) is 30.7 Å². The molecule has 1 aromatic rings. The molecule has 0 amide bonds. The van der Waals surface area contributed by atoms with Crippen molar-refractivity contribution in [2.75, 3.05) is 24.5 Å². The summed E-state index contributed by atoms with van der Waals surface area (Å²) < 4.78 is 27.7. The first-order valence-corrected chi connectivity index (χ1v) is 6.71. The van der Waals surface area contributed by atoms with Crippen LogP contribution in [0.4, 0.5) is 14.5 Å². The van der Waals surface area contributed by atoms with Crippen molar-refractivity contribution in [1.29, 1.82) is 0 Å². The first-order chi connectivity index (χ1) is 9.54. The lowest BCUT2D eigenvalue weighted by Gasteiger charge is -2.34. The zero-order valence-electron chi connectivity index (χ0n) is 11.1. The summed E-state index contributed by atoms with van der Waals surface area (Å²) in [5.41, 5.74) is 5.03. The van der Waals surface area contributed by atoms with Crippen molar-refractivity contribution < 1.29 is 18.7 Å². The van der Waals surface area contributed by atoms with Crippen molar-refractivity contribution in [2.24, 2.45) is 11.7 Å². The Kier molecular flexibility index (Phi) is 4.54. The van der Waals surface area contributed by atoms with Crippen molar-refractivity contribution in [3.8, 4) is 0 Å². The van der Waals surface area contributed by atoms with Gasteiger partial charge >= 0.3 is 5.97 Å². The molecule has 1 heterocycles. The highest BCUT2D eigenvalue weighted by molar-refractivity contribution is 5.88. The van der Waals surface area contributed by atoms with Crippen molar-refractivity contribution in [2.45, 2.75) is 19.3 Å². The van der Waals surface area contributed by atoms with Gasteiger partial charge in [-0.05, 0) is 43.9 Å². The number of hydrogen-bond donors (Lipinski definition) is 2. The Balaban J connectivity index is 2.24. The highest BCUT2D eigenvalue weighted by atomic mass is 19.2. The summed E-state index contributed by atoms with van der Waals surface area (Å²) in [4.78, 5) is 12.5. The molecular formula is C14H18F2N2O2. The van der Waals surface area contributed by atoms with Gasteiger partial charge in [0.05, 0.1) is 11.3 Å². The number of anilines is 1. The highest BCUT2D eigenvalue weighted by Crippen LogP contribution is 2.29. The molecule has 1 atom stereocenters. The van der Waals surface area contributed by atoms with Crippen molar-refractivity contribution in [1.82, 2.24) is 0 Å². The van der Waals surface area contributed by atoms with Gasteiger partial charge in [0.1, 0.15) is 0 Å². The van der Waals surface area contributed by atoms with Gasteiger partial charge in [0.2, 0.25) is 0 Å². The second kappa shape index (κ2) is 6.17. The van der Waals surface area contributed by atoms with E-state index in [0.29, 0.717) is 25.6 Å². The van der Waals surface area contributed by atoms with E-state index < -0.39 is 23.2 Å². The SMILES string of the molecule is NCCC1CCCN(c2ccc(C(=O)O)c(F)c2F)C1. The number of aromatic carboxylic acids is 1. The third-order valence-corrected chi connectivity index (χ3v) is 3.73. The van der Waals surface area contributed by atoms with Gasteiger partial charge in [-0.2, -0.15) is 0 Å². The maximum Gasteiger partial charge on any atom is 0.338 e. The molecule has 6 heteroatoms. The molecule has 0 aliphatic carbocycles. The van der Waals surface area contributed by atoms with Gasteiger partial charge in [-0.3, -0.25) is 0 Å². The second-order valence-corrected chi connectivity index (χ2v) is 5.10. The number of carbonyl (C=O) groups is 1. The summed E-state index contributed by atoms with van der Waals surface area (Å²) in [7, 11) is 0. The van der Waals surface area contributed by atoms with E-state index in [1.807, 2.05) is 0 Å². The minimum atomic E-state index is -1.47. The van der Waals surface area contributed by atoms with E-state index in [9.17, 15) is 13.6 Å². The molecule has 0 bridgehead atoms. The van der Waals surface area contributed by atoms with Crippen LogP contribution in [0.5, 0.6) is 0 Å². The Bertz CT molecular complexity index is 506. The summed E-state index contributed by atoms with van der Waals surface area (Å²) in [5, 5.41) is 8.77. The van der Waals surface area contributed by atoms with Gasteiger partial charge in [-0.15, -0.1) is 0 Å². The number of halogens is 2. The average Bonchev–Trinajstić information content (AvgIpc) is 2.42. The molecule has 1 fully saturated rings. The average molecular weight is 284 g/mol. The maximum absolute atomic E-state index is 14.0. The van der Waals surface area contributed by atoms with E-state index >= 15 is 0 Å². The fourth-order valence-corrected chi connectivity index (χ4v) is 2.70. The molecule has 1 saturated heterocycles. The van der Waals surface area contributed by atoms with Gasteiger partial charge in [0.15, 0.2) is 11.6 Å². The molecule has 1 unspecified atom stereocenters. The summed E-state index contributed by atoms with van der Waals surface area (Å²) in [6.07, 6.45) is 2.78. The Morgan fingerprint density at radius 2 is 2.15 bits per heavy atom. The smallest absolute Gasteiger partial charge is 0.338 e. The number of nitrogens with zero attached hydrogens (tertiary/aromatic N) is 1. The largest absolute Gasteiger partial charge is 0.478 e. The molecule has 110 valence electrons. The molecule has 0 spiro atoms. The molecule has 2 rings (SSSR count). The lowest BCUT2D eigenvalue weighted by molar-refractivity contribution is 0.0690. The third kappa shape index (κ3) is 2.90. The lowest BCUT2D eigenvalue weighted by Crippen LogP contribution is -2.37. The molecule has 0 aromatic heterocycles. The van der Waals surface area contributed by atoms with Gasteiger partial charge in [-0.1, -0.05) is 0 Å². The molecule has 0 radical (unpaired) electrons. The summed E-state index contributed by atoms with van der Waals surface area (Å²) in [6, 6.07) is 2.45. The van der Waals surface area contributed by atoms with Crippen LogP contribution in [0, 0.1) is 17.6 Å². The number of hydrogen-bond acceptors (Lipinski definition) is 3. The number of piperidine rings is 1. The summed E-state index contributed by atoms with van der Waals surface area (Å²) >= 11 is 0. The Morgan fingerprint density at radius 1 is 1.40 bits per heavy atom. The Labute approximate surface area is 116 Å². The minimum Gasteiger partial charge on any atom is -0.478 e. The number of carboxylic acids is 1. The van der Waals surface area contributed by atoms with Gasteiger partial charge in [0, 0.05) is 13.1 Å². The van der Waals surface area contributed by atoms with Gasteiger partial charge in [-0.25, -0.2) is 13.6 Å². The predicted octanol–water partition coefficient (Wildman–Crippen LogP) is 2.23. The van der Waals surface area contributed by atoms with Crippen molar-refractivity contribution >= 4 is 11.7 Å². The van der Waals surface area contributed by atoms with Crippen LogP contribution < -0.4 is 10.6 Å². The van der Waals surface area contributed by atoms with Crippen LogP contribution >= 0.6 is 0 Å². The van der Waals surface area contributed by atoms with Crippen LogP contribution in [0.15, 0.2) is 12.1 Å². The fraction of sp³-hybridized carbons (Fsp3) is 0.500. The molecule has 4 nitrogen and oxygen atoms in total. The number of carboxylic acid groups (broad SMARTS) is 1. The normalized spacial score (nSPS) is 19.1. The standard InChI is InChI=1S/C14H18F2N2O2/c15-12-10(14(19)20)3-4-11(13(12)16)18-7-1-2-9(8-18)5-6-17/h3-4,9H,1-2,5-8,17H2,(H,19,20). The zero-order valence-corrected chi connectivity index (χ0v) is 11.1. The lowest BCUT2D eigenvalue weighted by atomic mass is 9.94. The van der Waals surface area contributed by atoms with Gasteiger partial charge < -0.3 is 15.7 Å². The maximum atomic E-state index is 14.0. The molecule has 20 heavy (non-hydrogen) atoms. The molecule has 3 N–H and O–H groups in total. The Morgan fingerprint density at radius 3 is 2.80 bits per heavy atom. The predicted molar refractivity (Wildman–Crippen MR) is 71.9 cm³/mol. The zero-order chi connectivity index (χ0) is 14.7. The van der Waals surface area contributed by atoms with Crippen LogP contribution in [0.3, 0.4) is 0 Å². The quantitative estimate of drug-likeness (QED) is 0.889. The first-order valence-electron chi connectivity index (χ1n) is 6.71. The van der Waals surface area contributed by atoms with E-state index in [4.69, 9.17) is 10.8 Å². The van der Waals surface area contributed by atoms with Crippen LogP contribution in [0.25, 0.3) is 0 Å². The van der Waals surface area contributed by atoms with Gasteiger partial charge in [0.25, 0.3) is 0 Å². The van der Waals surface area contributed by atoms with E-state index in [1.54, 1.807) is 4.90 Å². The topological polar surface area (TPSA) is 66.6 Å². The Hall–Kier alpha value is -1.69. The van der Waals surface area contributed by atoms with E-state index in [0.717, 1.165) is 25.3 Å². The number of benzene rings is 1. The fourth-order valence-electron chi connectivity index (χ4n) is 2.70. The summed E-state index contributed by atoms with van der Waals surface area (Å²) in [5.74, 6) is -3.47. The number of rotatable bonds is 4. The van der Waals surface area contributed by atoms with E-state index in [1.165, 1.54) is 6.07 Å². The number of nitrogens with two attached hydrogens (primary N) is 1. The second-order valence-electron chi connectivity index (χ2n) is 5.10. The molecule has 1 aliphatic rings. The first kappa shape index (κ1) is 14.7. The van der Waals surface area contributed by atoms with Crippen molar-refractivity contribution in [3.05, 3.63) is 29.3 Å². The van der Waals surface area contributed by atoms with E-state index in [2.05, 4.69) is 0 Å². The monoisotopic (exact) mass is 284 g/mol. The molecule has 1 aromatic carbocycles. The molecule has 1 aliphatic heterocycles. The van der Waals surface area contributed by atoms with Crippen LogP contribution in [0.1, 0.15) is 29.6 Å². The van der Waals surface area contributed by atoms with E-state index in [-0.39, 0.29) is 5.69 Å². The minimum absolute atomic E-state index is 0.134. The third-order valence-electron chi connectivity index (χ3n) is 3.73. The van der Waals surface area contributed by atoms with Crippen LogP contribution in [0.2, 0.25) is 0 Å².